The summed E-state index contributed by atoms with van der Waals surface area (Å²) in [7, 11) is 0. The number of nitriles is 1. The lowest BCUT2D eigenvalue weighted by atomic mass is 9.74. The van der Waals surface area contributed by atoms with Crippen molar-refractivity contribution in [3.8, 4) is 6.07 Å². The van der Waals surface area contributed by atoms with E-state index in [0.29, 0.717) is 5.65 Å². The van der Waals surface area contributed by atoms with Crippen molar-refractivity contribution in [2.75, 3.05) is 18.0 Å². The highest BCUT2D eigenvalue weighted by Crippen LogP contribution is 2.37. The second kappa shape index (κ2) is 5.87. The molecule has 0 bridgehead atoms. The summed E-state index contributed by atoms with van der Waals surface area (Å²) in [5.41, 5.74) is 2.15. The maximum atomic E-state index is 9.86. The third kappa shape index (κ3) is 2.43. The van der Waals surface area contributed by atoms with E-state index in [1.165, 1.54) is 0 Å². The van der Waals surface area contributed by atoms with Gasteiger partial charge in [-0.3, -0.25) is 0 Å². The fourth-order valence-corrected chi connectivity index (χ4v) is 3.74. The molecule has 0 aliphatic carbocycles. The molecule has 1 aliphatic heterocycles. The van der Waals surface area contributed by atoms with Crippen LogP contribution in [0.4, 0.5) is 5.82 Å². The van der Waals surface area contributed by atoms with Gasteiger partial charge in [-0.05, 0) is 30.5 Å². The molecule has 0 amide bonds. The smallest absolute Gasteiger partial charge is 0.182 e. The Balaban J connectivity index is 1.62. The highest BCUT2D eigenvalue weighted by Gasteiger charge is 2.37. The number of hydrogen-bond donors (Lipinski definition) is 1. The van der Waals surface area contributed by atoms with E-state index in [0.717, 1.165) is 47.3 Å². The van der Waals surface area contributed by atoms with Crippen LogP contribution in [0.15, 0.2) is 41.4 Å². The number of rotatable bonds is 2. The van der Waals surface area contributed by atoms with Gasteiger partial charge in [-0.25, -0.2) is 15.0 Å². The molecule has 1 fully saturated rings. The van der Waals surface area contributed by atoms with Gasteiger partial charge in [0.25, 0.3) is 0 Å². The molecular weight excluding hydrogens is 368 g/mol. The monoisotopic (exact) mass is 382 g/mol. The lowest BCUT2D eigenvalue weighted by Crippen LogP contribution is -2.42. The molecule has 0 radical (unpaired) electrons. The second-order valence-electron chi connectivity index (χ2n) is 5.99. The van der Waals surface area contributed by atoms with Gasteiger partial charge in [-0.1, -0.05) is 28.1 Å². The van der Waals surface area contributed by atoms with Crippen molar-refractivity contribution in [3.63, 3.8) is 0 Å². The summed E-state index contributed by atoms with van der Waals surface area (Å²) in [4.78, 5) is 18.1. The molecule has 0 atom stereocenters. The number of benzene rings is 1. The summed E-state index contributed by atoms with van der Waals surface area (Å²) >= 11 is 3.51. The van der Waals surface area contributed by atoms with E-state index in [1.54, 1.807) is 12.7 Å². The van der Waals surface area contributed by atoms with Crippen LogP contribution >= 0.6 is 15.9 Å². The maximum absolute atomic E-state index is 9.86. The Hall–Kier alpha value is -2.46. The number of piperidine rings is 1. The molecule has 3 aromatic rings. The predicted molar refractivity (Wildman–Crippen MR) is 94.6 cm³/mol. The number of imidazole rings is 1. The first-order valence-corrected chi connectivity index (χ1v) is 8.57. The number of hydrogen-bond acceptors (Lipinski definition) is 5. The standard InChI is InChI=1S/C17H15BrN6/c18-13-3-1-2-12(8-13)17(9-19)4-6-24(7-5-17)16-14-15(21-10-20-14)22-11-23-16/h1-3,8,10-11H,4-7H2,(H,20,21,22,23). The van der Waals surface area contributed by atoms with E-state index in [2.05, 4.69) is 52.9 Å². The number of halogens is 1. The summed E-state index contributed by atoms with van der Waals surface area (Å²) in [6.45, 7) is 1.54. The molecular formula is C17H15BrN6. The van der Waals surface area contributed by atoms with E-state index in [1.807, 2.05) is 18.2 Å². The van der Waals surface area contributed by atoms with Crippen molar-refractivity contribution < 1.29 is 0 Å². The van der Waals surface area contributed by atoms with E-state index in [9.17, 15) is 5.26 Å². The zero-order chi connectivity index (χ0) is 16.6. The topological polar surface area (TPSA) is 81.5 Å². The quantitative estimate of drug-likeness (QED) is 0.735. The Kier molecular flexibility index (Phi) is 3.69. The summed E-state index contributed by atoms with van der Waals surface area (Å²) in [5, 5.41) is 9.86. The zero-order valence-electron chi connectivity index (χ0n) is 12.9. The van der Waals surface area contributed by atoms with Crippen LogP contribution in [0.5, 0.6) is 0 Å². The van der Waals surface area contributed by atoms with Crippen LogP contribution in [-0.2, 0) is 5.41 Å². The molecule has 1 aromatic carbocycles. The molecule has 0 saturated carbocycles. The molecule has 3 heterocycles. The van der Waals surface area contributed by atoms with Crippen LogP contribution in [0.1, 0.15) is 18.4 Å². The molecule has 24 heavy (non-hydrogen) atoms. The third-order valence-electron chi connectivity index (χ3n) is 4.71. The van der Waals surface area contributed by atoms with E-state index in [-0.39, 0.29) is 0 Å². The minimum atomic E-state index is -0.444. The van der Waals surface area contributed by atoms with Crippen LogP contribution in [0.3, 0.4) is 0 Å². The van der Waals surface area contributed by atoms with E-state index >= 15 is 0 Å². The predicted octanol–water partition coefficient (Wildman–Crippen LogP) is 3.18. The molecule has 0 unspecified atom stereocenters. The van der Waals surface area contributed by atoms with Gasteiger partial charge in [-0.2, -0.15) is 5.26 Å². The van der Waals surface area contributed by atoms with Gasteiger partial charge in [-0.15, -0.1) is 0 Å². The van der Waals surface area contributed by atoms with Crippen LogP contribution < -0.4 is 4.90 Å². The SMILES string of the molecule is N#CC1(c2cccc(Br)c2)CCN(c2ncnc3nc[nH]c23)CC1. The minimum absolute atomic E-state index is 0.444. The highest BCUT2D eigenvalue weighted by atomic mass is 79.9. The minimum Gasteiger partial charge on any atom is -0.355 e. The van der Waals surface area contributed by atoms with E-state index < -0.39 is 5.41 Å². The lowest BCUT2D eigenvalue weighted by Gasteiger charge is -2.38. The largest absolute Gasteiger partial charge is 0.355 e. The zero-order valence-corrected chi connectivity index (χ0v) is 14.5. The van der Waals surface area contributed by atoms with Crippen molar-refractivity contribution in [3.05, 3.63) is 47.0 Å². The fraction of sp³-hybridized carbons (Fsp3) is 0.294. The highest BCUT2D eigenvalue weighted by molar-refractivity contribution is 9.10. The van der Waals surface area contributed by atoms with Crippen LogP contribution in [0.25, 0.3) is 11.2 Å². The van der Waals surface area contributed by atoms with Gasteiger partial charge in [0.1, 0.15) is 11.8 Å². The number of aromatic nitrogens is 4. The first-order valence-electron chi connectivity index (χ1n) is 7.78. The molecule has 120 valence electrons. The van der Waals surface area contributed by atoms with Gasteiger partial charge in [0, 0.05) is 17.6 Å². The first kappa shape index (κ1) is 15.1. The van der Waals surface area contributed by atoms with Crippen molar-refractivity contribution in [2.24, 2.45) is 0 Å². The lowest BCUT2D eigenvalue weighted by molar-refractivity contribution is 0.414. The number of nitrogens with zero attached hydrogens (tertiary/aromatic N) is 5. The summed E-state index contributed by atoms with van der Waals surface area (Å²) in [6.07, 6.45) is 4.70. The first-order chi connectivity index (χ1) is 11.7. The molecule has 1 aliphatic rings. The van der Waals surface area contributed by atoms with Crippen LogP contribution in [-0.4, -0.2) is 33.0 Å². The third-order valence-corrected chi connectivity index (χ3v) is 5.20. The molecule has 7 heteroatoms. The van der Waals surface area contributed by atoms with Gasteiger partial charge in [0.05, 0.1) is 17.8 Å². The molecule has 2 aromatic heterocycles. The summed E-state index contributed by atoms with van der Waals surface area (Å²) in [6, 6.07) is 10.6. The number of anilines is 1. The fourth-order valence-electron chi connectivity index (χ4n) is 3.34. The molecule has 1 N–H and O–H groups in total. The number of aromatic amines is 1. The second-order valence-corrected chi connectivity index (χ2v) is 6.91. The molecule has 0 spiro atoms. The average Bonchev–Trinajstić information content (AvgIpc) is 3.10. The Morgan fingerprint density at radius 2 is 2.04 bits per heavy atom. The van der Waals surface area contributed by atoms with Crippen molar-refractivity contribution in [1.82, 2.24) is 19.9 Å². The van der Waals surface area contributed by atoms with Crippen LogP contribution in [0, 0.1) is 11.3 Å². The summed E-state index contributed by atoms with van der Waals surface area (Å²) < 4.78 is 1.01. The molecule has 1 saturated heterocycles. The number of H-pyrrole nitrogens is 1. The van der Waals surface area contributed by atoms with Crippen LogP contribution in [0.2, 0.25) is 0 Å². The number of fused-ring (bicyclic) bond motifs is 1. The van der Waals surface area contributed by atoms with Crippen molar-refractivity contribution in [2.45, 2.75) is 18.3 Å². The van der Waals surface area contributed by atoms with Gasteiger partial charge < -0.3 is 9.88 Å². The maximum Gasteiger partial charge on any atom is 0.182 e. The Morgan fingerprint density at radius 3 is 2.79 bits per heavy atom. The number of nitrogens with one attached hydrogen (secondary N) is 1. The van der Waals surface area contributed by atoms with E-state index in [4.69, 9.17) is 0 Å². The summed E-state index contributed by atoms with van der Waals surface area (Å²) in [5.74, 6) is 0.860. The average molecular weight is 383 g/mol. The van der Waals surface area contributed by atoms with Gasteiger partial charge in [0.15, 0.2) is 11.5 Å². The Bertz CT molecular complexity index is 920. The Morgan fingerprint density at radius 1 is 1.21 bits per heavy atom. The van der Waals surface area contributed by atoms with Crippen molar-refractivity contribution >= 4 is 32.9 Å². The Labute approximate surface area is 147 Å². The van der Waals surface area contributed by atoms with Gasteiger partial charge >= 0.3 is 0 Å². The van der Waals surface area contributed by atoms with Gasteiger partial charge in [0.2, 0.25) is 0 Å². The normalized spacial score (nSPS) is 16.9. The van der Waals surface area contributed by atoms with Crippen molar-refractivity contribution in [1.29, 1.82) is 5.26 Å². The molecule has 4 rings (SSSR count). The molecule has 6 nitrogen and oxygen atoms in total.